The molecule has 1 aromatic rings. The first-order valence-corrected chi connectivity index (χ1v) is 4.29. The third kappa shape index (κ3) is 2.77. The summed E-state index contributed by atoms with van der Waals surface area (Å²) in [4.78, 5) is 14.6. The van der Waals surface area contributed by atoms with Gasteiger partial charge in [-0.1, -0.05) is 0 Å². The van der Waals surface area contributed by atoms with Gasteiger partial charge in [-0.15, -0.1) is 0 Å². The molecular weight excluding hydrogens is 241 g/mol. The summed E-state index contributed by atoms with van der Waals surface area (Å²) < 4.78 is 17.5. The van der Waals surface area contributed by atoms with Crippen molar-refractivity contribution in [3.63, 3.8) is 0 Å². The minimum atomic E-state index is -0.444. The lowest BCUT2D eigenvalue weighted by atomic mass is 10.3. The van der Waals surface area contributed by atoms with Gasteiger partial charge in [0.05, 0.1) is 25.4 Å². The second-order valence-electron chi connectivity index (χ2n) is 2.33. The fourth-order valence-electron chi connectivity index (χ4n) is 0.782. The number of aromatic nitrogens is 1. The van der Waals surface area contributed by atoms with Crippen molar-refractivity contribution >= 4 is 21.9 Å². The van der Waals surface area contributed by atoms with E-state index in [2.05, 4.69) is 25.7 Å². The van der Waals surface area contributed by atoms with Gasteiger partial charge in [0, 0.05) is 4.47 Å². The van der Waals surface area contributed by atoms with Crippen molar-refractivity contribution in [2.24, 2.45) is 0 Å². The molecule has 0 aliphatic heterocycles. The molecule has 0 aliphatic rings. The minimum Gasteiger partial charge on any atom is -0.469 e. The van der Waals surface area contributed by atoms with Gasteiger partial charge in [-0.3, -0.25) is 9.78 Å². The van der Waals surface area contributed by atoms with Gasteiger partial charge in [0.15, 0.2) is 0 Å². The molecule has 5 heteroatoms. The van der Waals surface area contributed by atoms with E-state index in [0.717, 1.165) is 6.20 Å². The Morgan fingerprint density at radius 2 is 2.46 bits per heavy atom. The first kappa shape index (κ1) is 10.1. The number of hydrogen-bond donors (Lipinski definition) is 0. The monoisotopic (exact) mass is 247 g/mol. The van der Waals surface area contributed by atoms with Crippen LogP contribution in [0.1, 0.15) is 5.69 Å². The van der Waals surface area contributed by atoms with Crippen LogP contribution in [0.4, 0.5) is 4.39 Å². The van der Waals surface area contributed by atoms with Crippen molar-refractivity contribution in [1.29, 1.82) is 0 Å². The quantitative estimate of drug-likeness (QED) is 0.747. The topological polar surface area (TPSA) is 39.2 Å². The zero-order valence-corrected chi connectivity index (χ0v) is 8.47. The van der Waals surface area contributed by atoms with Crippen LogP contribution in [0, 0.1) is 5.82 Å². The highest BCUT2D eigenvalue weighted by Gasteiger charge is 2.08. The number of carbonyl (C=O) groups excluding carboxylic acids is 1. The molecule has 3 nitrogen and oxygen atoms in total. The second-order valence-corrected chi connectivity index (χ2v) is 3.19. The van der Waals surface area contributed by atoms with E-state index in [1.165, 1.54) is 13.2 Å². The van der Waals surface area contributed by atoms with Crippen LogP contribution in [-0.2, 0) is 16.0 Å². The van der Waals surface area contributed by atoms with Gasteiger partial charge in [0.25, 0.3) is 0 Å². The largest absolute Gasteiger partial charge is 0.469 e. The van der Waals surface area contributed by atoms with Crippen LogP contribution in [0.15, 0.2) is 16.7 Å². The molecule has 0 amide bonds. The molecule has 13 heavy (non-hydrogen) atoms. The number of hydrogen-bond acceptors (Lipinski definition) is 3. The fourth-order valence-corrected chi connectivity index (χ4v) is 1.24. The number of methoxy groups -OCH3 is 1. The average Bonchev–Trinajstić information content (AvgIpc) is 2.09. The Balaban J connectivity index is 2.83. The third-order valence-electron chi connectivity index (χ3n) is 1.42. The lowest BCUT2D eigenvalue weighted by Crippen LogP contribution is -2.06. The number of ether oxygens (including phenoxy) is 1. The Bertz CT molecular complexity index is 330. The van der Waals surface area contributed by atoms with E-state index in [-0.39, 0.29) is 6.42 Å². The summed E-state index contributed by atoms with van der Waals surface area (Å²) in [6.07, 6.45) is 1.10. The van der Waals surface area contributed by atoms with Gasteiger partial charge >= 0.3 is 5.97 Å². The molecule has 1 aromatic heterocycles. The molecule has 0 atom stereocenters. The van der Waals surface area contributed by atoms with E-state index in [1.54, 1.807) is 0 Å². The van der Waals surface area contributed by atoms with E-state index in [1.807, 2.05) is 0 Å². The molecular formula is C8H7BrFNO2. The Morgan fingerprint density at radius 3 is 3.00 bits per heavy atom. The SMILES string of the molecule is COC(=O)Cc1ncc(F)cc1Br. The number of pyridine rings is 1. The standard InChI is InChI=1S/C8H7BrFNO2/c1-13-8(12)3-7-6(9)2-5(10)4-11-7/h2,4H,3H2,1H3. The number of esters is 1. The summed E-state index contributed by atoms with van der Waals surface area (Å²) in [6.45, 7) is 0. The molecule has 0 unspecified atom stereocenters. The molecule has 1 rings (SSSR count). The van der Waals surface area contributed by atoms with Crippen LogP contribution < -0.4 is 0 Å². The summed E-state index contributed by atoms with van der Waals surface area (Å²) in [5, 5.41) is 0. The van der Waals surface area contributed by atoms with Crippen LogP contribution in [-0.4, -0.2) is 18.1 Å². The Kier molecular flexibility index (Phi) is 3.36. The van der Waals surface area contributed by atoms with Crippen LogP contribution in [0.25, 0.3) is 0 Å². The van der Waals surface area contributed by atoms with Crippen molar-refractivity contribution in [1.82, 2.24) is 4.98 Å². The molecule has 1 heterocycles. The fraction of sp³-hybridized carbons (Fsp3) is 0.250. The molecule has 70 valence electrons. The molecule has 0 aliphatic carbocycles. The predicted octanol–water partition coefficient (Wildman–Crippen LogP) is 1.70. The molecule has 0 saturated heterocycles. The number of nitrogens with zero attached hydrogens (tertiary/aromatic N) is 1. The van der Waals surface area contributed by atoms with Crippen molar-refractivity contribution < 1.29 is 13.9 Å². The summed E-state index contributed by atoms with van der Waals surface area (Å²) in [5.41, 5.74) is 0.466. The van der Waals surface area contributed by atoms with Gasteiger partial charge in [-0.05, 0) is 22.0 Å². The van der Waals surface area contributed by atoms with Gasteiger partial charge < -0.3 is 4.74 Å². The summed E-state index contributed by atoms with van der Waals surface area (Å²) in [7, 11) is 1.29. The zero-order chi connectivity index (χ0) is 9.84. The van der Waals surface area contributed by atoms with Crippen molar-refractivity contribution in [2.45, 2.75) is 6.42 Å². The first-order valence-electron chi connectivity index (χ1n) is 3.50. The molecule has 0 aromatic carbocycles. The molecule has 0 fully saturated rings. The smallest absolute Gasteiger partial charge is 0.311 e. The Labute approximate surface area is 83.1 Å². The number of rotatable bonds is 2. The number of halogens is 2. The van der Waals surface area contributed by atoms with Crippen molar-refractivity contribution in [2.75, 3.05) is 7.11 Å². The highest BCUT2D eigenvalue weighted by atomic mass is 79.9. The summed E-state index contributed by atoms with van der Waals surface area (Å²) >= 11 is 3.09. The maximum absolute atomic E-state index is 12.6. The molecule has 0 spiro atoms. The van der Waals surface area contributed by atoms with Crippen molar-refractivity contribution in [3.05, 3.63) is 28.2 Å². The Hall–Kier alpha value is -0.970. The molecule has 0 N–H and O–H groups in total. The van der Waals surface area contributed by atoms with E-state index < -0.39 is 11.8 Å². The van der Waals surface area contributed by atoms with Crippen LogP contribution in [0.3, 0.4) is 0 Å². The van der Waals surface area contributed by atoms with E-state index in [9.17, 15) is 9.18 Å². The number of carbonyl (C=O) groups is 1. The first-order chi connectivity index (χ1) is 6.13. The normalized spacial score (nSPS) is 9.77. The maximum atomic E-state index is 12.6. The Morgan fingerprint density at radius 1 is 1.77 bits per heavy atom. The highest BCUT2D eigenvalue weighted by Crippen LogP contribution is 2.15. The van der Waals surface area contributed by atoms with E-state index >= 15 is 0 Å². The van der Waals surface area contributed by atoms with Gasteiger partial charge in [-0.2, -0.15) is 0 Å². The molecule has 0 bridgehead atoms. The third-order valence-corrected chi connectivity index (χ3v) is 2.11. The van der Waals surface area contributed by atoms with Crippen LogP contribution >= 0.6 is 15.9 Å². The van der Waals surface area contributed by atoms with Gasteiger partial charge in [0.2, 0.25) is 0 Å². The summed E-state index contributed by atoms with van der Waals surface area (Å²) in [5.74, 6) is -0.847. The summed E-state index contributed by atoms with van der Waals surface area (Å²) in [6, 6.07) is 1.26. The van der Waals surface area contributed by atoms with E-state index in [4.69, 9.17) is 0 Å². The average molecular weight is 248 g/mol. The molecule has 0 radical (unpaired) electrons. The lowest BCUT2D eigenvalue weighted by Gasteiger charge is -2.01. The van der Waals surface area contributed by atoms with Gasteiger partial charge in [0.1, 0.15) is 5.82 Å². The van der Waals surface area contributed by atoms with Crippen LogP contribution in [0.5, 0.6) is 0 Å². The van der Waals surface area contributed by atoms with Crippen LogP contribution in [0.2, 0.25) is 0 Å². The molecule has 0 saturated carbocycles. The van der Waals surface area contributed by atoms with Crippen molar-refractivity contribution in [3.8, 4) is 0 Å². The van der Waals surface area contributed by atoms with Gasteiger partial charge in [-0.25, -0.2) is 4.39 Å². The van der Waals surface area contributed by atoms with E-state index in [0.29, 0.717) is 10.2 Å². The maximum Gasteiger partial charge on any atom is 0.311 e. The minimum absolute atomic E-state index is 0.0391. The lowest BCUT2D eigenvalue weighted by molar-refractivity contribution is -0.139. The predicted molar refractivity (Wildman–Crippen MR) is 47.6 cm³/mol. The second kappa shape index (κ2) is 4.32. The zero-order valence-electron chi connectivity index (χ0n) is 6.88. The highest BCUT2D eigenvalue weighted by molar-refractivity contribution is 9.10.